The average Bonchev–Trinajstić information content (AvgIpc) is 2.44. The van der Waals surface area contributed by atoms with E-state index in [1.54, 1.807) is 36.4 Å². The number of carboxylic acids is 1. The van der Waals surface area contributed by atoms with Gasteiger partial charge in [-0.2, -0.15) is 0 Å². The predicted molar refractivity (Wildman–Crippen MR) is 83.3 cm³/mol. The minimum Gasteiger partial charge on any atom is -0.545 e. The van der Waals surface area contributed by atoms with Gasteiger partial charge in [0.1, 0.15) is 0 Å². The molecule has 0 spiro atoms. The van der Waals surface area contributed by atoms with Gasteiger partial charge >= 0.3 is 0 Å². The van der Waals surface area contributed by atoms with E-state index in [2.05, 4.69) is 0 Å². The van der Waals surface area contributed by atoms with Crippen molar-refractivity contribution >= 4 is 33.3 Å². The zero-order chi connectivity index (χ0) is 16.3. The molecule has 0 bridgehead atoms. The van der Waals surface area contributed by atoms with Crippen molar-refractivity contribution in [2.24, 2.45) is 0 Å². The molecular formula is C15H13ClNO4S-. The van der Waals surface area contributed by atoms with Gasteiger partial charge in [0.05, 0.1) is 24.5 Å². The van der Waals surface area contributed by atoms with E-state index in [1.165, 1.54) is 16.4 Å². The van der Waals surface area contributed by atoms with Crippen LogP contribution in [-0.4, -0.2) is 20.6 Å². The molecule has 0 amide bonds. The normalized spacial score (nSPS) is 11.2. The summed E-state index contributed by atoms with van der Waals surface area (Å²) in [5, 5.41) is 11.1. The lowest BCUT2D eigenvalue weighted by molar-refractivity contribution is -0.255. The molecular weight excluding hydrogens is 326 g/mol. The Bertz CT molecular complexity index is 787. The van der Waals surface area contributed by atoms with E-state index in [1.807, 2.05) is 0 Å². The second kappa shape index (κ2) is 6.37. The van der Waals surface area contributed by atoms with Crippen LogP contribution in [-0.2, 0) is 16.6 Å². The summed E-state index contributed by atoms with van der Waals surface area (Å²) in [6.45, 7) is 0.0759. The zero-order valence-electron chi connectivity index (χ0n) is 11.7. The van der Waals surface area contributed by atoms with Crippen molar-refractivity contribution < 1.29 is 18.3 Å². The molecule has 0 unspecified atom stereocenters. The standard InChI is InChI=1S/C15H14ClNO4S/c1-22(20,21)17(14-4-2-3-13(16)9-14)10-11-5-7-12(8-6-11)15(18)19/h2-9H,10H2,1H3,(H,18,19)/p-1. The summed E-state index contributed by atoms with van der Waals surface area (Å²) in [5.41, 5.74) is 1.13. The lowest BCUT2D eigenvalue weighted by Crippen LogP contribution is -2.29. The lowest BCUT2D eigenvalue weighted by Gasteiger charge is -2.23. The van der Waals surface area contributed by atoms with Crippen LogP contribution >= 0.6 is 11.6 Å². The smallest absolute Gasteiger partial charge is 0.232 e. The van der Waals surface area contributed by atoms with Crippen molar-refractivity contribution in [3.8, 4) is 0 Å². The number of rotatable bonds is 5. The quantitative estimate of drug-likeness (QED) is 0.830. The number of hydrogen-bond acceptors (Lipinski definition) is 4. The van der Waals surface area contributed by atoms with Gasteiger partial charge in [-0.05, 0) is 29.3 Å². The summed E-state index contributed by atoms with van der Waals surface area (Å²) in [5.74, 6) is -1.28. The molecule has 116 valence electrons. The van der Waals surface area contributed by atoms with Gasteiger partial charge in [0, 0.05) is 5.02 Å². The fraction of sp³-hybridized carbons (Fsp3) is 0.133. The van der Waals surface area contributed by atoms with Crippen LogP contribution in [0.15, 0.2) is 48.5 Å². The van der Waals surface area contributed by atoms with E-state index in [-0.39, 0.29) is 12.1 Å². The van der Waals surface area contributed by atoms with E-state index in [0.29, 0.717) is 16.3 Å². The first-order chi connectivity index (χ1) is 10.3. The Morgan fingerprint density at radius 3 is 2.32 bits per heavy atom. The van der Waals surface area contributed by atoms with Gasteiger partial charge in [-0.25, -0.2) is 8.42 Å². The molecule has 7 heteroatoms. The minimum absolute atomic E-state index is 0.0393. The number of benzene rings is 2. The fourth-order valence-electron chi connectivity index (χ4n) is 1.94. The largest absolute Gasteiger partial charge is 0.545 e. The van der Waals surface area contributed by atoms with Gasteiger partial charge in [0.2, 0.25) is 10.0 Å². The summed E-state index contributed by atoms with van der Waals surface area (Å²) in [7, 11) is -3.51. The van der Waals surface area contributed by atoms with Crippen LogP contribution in [0.4, 0.5) is 5.69 Å². The van der Waals surface area contributed by atoms with Crippen LogP contribution in [0, 0.1) is 0 Å². The van der Waals surface area contributed by atoms with Crippen molar-refractivity contribution in [1.29, 1.82) is 0 Å². The van der Waals surface area contributed by atoms with Crippen molar-refractivity contribution in [3.63, 3.8) is 0 Å². The molecule has 0 fully saturated rings. The van der Waals surface area contributed by atoms with E-state index < -0.39 is 16.0 Å². The molecule has 0 radical (unpaired) electrons. The number of halogens is 1. The maximum Gasteiger partial charge on any atom is 0.232 e. The Kier molecular flexibility index (Phi) is 4.73. The molecule has 2 aromatic rings. The van der Waals surface area contributed by atoms with Gasteiger partial charge in [0.15, 0.2) is 0 Å². The molecule has 2 rings (SSSR count). The highest BCUT2D eigenvalue weighted by Crippen LogP contribution is 2.23. The van der Waals surface area contributed by atoms with Gasteiger partial charge in [-0.1, -0.05) is 41.9 Å². The summed E-state index contributed by atoms with van der Waals surface area (Å²) >= 11 is 5.90. The maximum atomic E-state index is 12.0. The highest BCUT2D eigenvalue weighted by atomic mass is 35.5. The number of sulfonamides is 1. The average molecular weight is 339 g/mol. The highest BCUT2D eigenvalue weighted by molar-refractivity contribution is 7.92. The third kappa shape index (κ3) is 3.99. The molecule has 0 heterocycles. The monoisotopic (exact) mass is 338 g/mol. The summed E-state index contributed by atoms with van der Waals surface area (Å²) in [6.07, 6.45) is 1.10. The van der Waals surface area contributed by atoms with Crippen LogP contribution in [0.1, 0.15) is 15.9 Å². The molecule has 0 aromatic heterocycles. The molecule has 0 saturated heterocycles. The van der Waals surface area contributed by atoms with E-state index in [9.17, 15) is 18.3 Å². The number of aromatic carboxylic acids is 1. The summed E-state index contributed by atoms with van der Waals surface area (Å²) < 4.78 is 25.2. The van der Waals surface area contributed by atoms with Crippen LogP contribution < -0.4 is 9.41 Å². The number of anilines is 1. The van der Waals surface area contributed by atoms with Gasteiger partial charge < -0.3 is 9.90 Å². The summed E-state index contributed by atoms with van der Waals surface area (Å²) in [4.78, 5) is 10.7. The van der Waals surface area contributed by atoms with Crippen LogP contribution in [0.5, 0.6) is 0 Å². The second-order valence-electron chi connectivity index (χ2n) is 4.73. The summed E-state index contributed by atoms with van der Waals surface area (Å²) in [6, 6.07) is 12.4. The number of hydrogen-bond donors (Lipinski definition) is 0. The topological polar surface area (TPSA) is 77.5 Å². The van der Waals surface area contributed by atoms with Crippen LogP contribution in [0.3, 0.4) is 0 Å². The van der Waals surface area contributed by atoms with Crippen molar-refractivity contribution in [3.05, 3.63) is 64.7 Å². The Morgan fingerprint density at radius 1 is 1.18 bits per heavy atom. The van der Waals surface area contributed by atoms with Crippen molar-refractivity contribution in [2.45, 2.75) is 6.54 Å². The Balaban J connectivity index is 2.34. The molecule has 0 atom stereocenters. The first-order valence-electron chi connectivity index (χ1n) is 6.31. The lowest BCUT2D eigenvalue weighted by atomic mass is 10.1. The number of carboxylic acid groups (broad SMARTS) is 1. The van der Waals surface area contributed by atoms with E-state index in [4.69, 9.17) is 11.6 Å². The molecule has 2 aromatic carbocycles. The number of carbonyl (C=O) groups is 1. The Morgan fingerprint density at radius 2 is 1.82 bits per heavy atom. The predicted octanol–water partition coefficient (Wildman–Crippen LogP) is 1.67. The third-order valence-electron chi connectivity index (χ3n) is 3.01. The maximum absolute atomic E-state index is 12.0. The molecule has 22 heavy (non-hydrogen) atoms. The minimum atomic E-state index is -3.51. The molecule has 0 saturated carbocycles. The van der Waals surface area contributed by atoms with E-state index >= 15 is 0 Å². The molecule has 5 nitrogen and oxygen atoms in total. The van der Waals surface area contributed by atoms with Crippen molar-refractivity contribution in [2.75, 3.05) is 10.6 Å². The van der Waals surface area contributed by atoms with Crippen LogP contribution in [0.25, 0.3) is 0 Å². The molecule has 0 aliphatic rings. The van der Waals surface area contributed by atoms with E-state index in [0.717, 1.165) is 6.26 Å². The van der Waals surface area contributed by atoms with Gasteiger partial charge in [0.25, 0.3) is 0 Å². The van der Waals surface area contributed by atoms with Crippen molar-refractivity contribution in [1.82, 2.24) is 0 Å². The molecule has 0 aliphatic heterocycles. The highest BCUT2D eigenvalue weighted by Gasteiger charge is 2.18. The fourth-order valence-corrected chi connectivity index (χ4v) is 3.01. The SMILES string of the molecule is CS(=O)(=O)N(Cc1ccc(C(=O)[O-])cc1)c1cccc(Cl)c1. The number of nitrogens with zero attached hydrogens (tertiary/aromatic N) is 1. The first kappa shape index (κ1) is 16.3. The van der Waals surface area contributed by atoms with Crippen LogP contribution in [0.2, 0.25) is 5.02 Å². The number of carbonyl (C=O) groups excluding carboxylic acids is 1. The Hall–Kier alpha value is -2.05. The Labute approximate surface area is 133 Å². The first-order valence-corrected chi connectivity index (χ1v) is 8.53. The van der Waals surface area contributed by atoms with Gasteiger partial charge in [-0.15, -0.1) is 0 Å². The molecule has 0 aliphatic carbocycles. The zero-order valence-corrected chi connectivity index (χ0v) is 13.3. The molecule has 0 N–H and O–H groups in total. The second-order valence-corrected chi connectivity index (χ2v) is 7.08. The van der Waals surface area contributed by atoms with Gasteiger partial charge in [-0.3, -0.25) is 4.31 Å². The third-order valence-corrected chi connectivity index (χ3v) is 4.39.